The first-order valence-corrected chi connectivity index (χ1v) is 10.2. The van der Waals surface area contributed by atoms with Crippen LogP contribution in [0, 0.1) is 5.82 Å². The van der Waals surface area contributed by atoms with Crippen molar-refractivity contribution in [3.05, 3.63) is 35.2 Å². The first kappa shape index (κ1) is 18.2. The summed E-state index contributed by atoms with van der Waals surface area (Å²) in [6.07, 6.45) is -0.646. The van der Waals surface area contributed by atoms with E-state index in [1.807, 2.05) is 0 Å². The Hall–Kier alpha value is -1.21. The highest BCUT2D eigenvalue weighted by atomic mass is 32.7. The lowest BCUT2D eigenvalue weighted by molar-refractivity contribution is -0.138. The molecule has 1 aliphatic rings. The van der Waals surface area contributed by atoms with Gasteiger partial charge in [-0.25, -0.2) is 4.39 Å². The molecule has 139 valence electrons. The number of carbonyl (C=O) groups excluding carboxylic acids is 2. The number of rotatable bonds is 9. The summed E-state index contributed by atoms with van der Waals surface area (Å²) in [5.74, 6) is -1.02. The Bertz CT molecular complexity index is 769. The van der Waals surface area contributed by atoms with Gasteiger partial charge >= 0.3 is 0 Å². The highest BCUT2D eigenvalue weighted by molar-refractivity contribution is 8.53. The van der Waals surface area contributed by atoms with Crippen molar-refractivity contribution in [1.29, 1.82) is 2.61 Å². The van der Waals surface area contributed by atoms with Crippen LogP contribution in [0.2, 0.25) is 0 Å². The van der Waals surface area contributed by atoms with E-state index in [0.717, 1.165) is 19.2 Å². The molecule has 1 aromatic carbocycles. The Kier molecular flexibility index (Phi) is 6.74. The molecule has 1 fully saturated rings. The summed E-state index contributed by atoms with van der Waals surface area (Å²) in [5, 5.41) is 0. The number of halogens is 1. The van der Waals surface area contributed by atoms with E-state index in [0.29, 0.717) is 11.1 Å². The fourth-order valence-electron chi connectivity index (χ4n) is 2.42. The van der Waals surface area contributed by atoms with Crippen LogP contribution in [0.3, 0.4) is 0 Å². The third-order valence-electron chi connectivity index (χ3n) is 3.82. The molecular weight excluding hydrogens is 377 g/mol. The summed E-state index contributed by atoms with van der Waals surface area (Å²) in [7, 11) is -0.563. The lowest BCUT2D eigenvalue weighted by Gasteiger charge is -2.15. The summed E-state index contributed by atoms with van der Waals surface area (Å²) in [5.41, 5.74) is 1.04. The monoisotopic (exact) mass is 400 g/mol. The zero-order chi connectivity index (χ0) is 20.8. The molecule has 0 spiro atoms. The first-order chi connectivity index (χ1) is 13.2. The molecule has 9 heteroatoms. The molecule has 5 nitrogen and oxygen atoms in total. The van der Waals surface area contributed by atoms with Crippen molar-refractivity contribution >= 4 is 44.4 Å². The van der Waals surface area contributed by atoms with Crippen LogP contribution < -0.4 is 4.74 Å². The Morgan fingerprint density at radius 3 is 2.92 bits per heavy atom. The number of hydrogen-bond acceptors (Lipinski definition) is 6. The van der Waals surface area contributed by atoms with Crippen LogP contribution in [0.25, 0.3) is 6.08 Å². The summed E-state index contributed by atoms with van der Waals surface area (Å²) in [6.45, 7) is 4.44. The maximum Gasteiger partial charge on any atom is 0.203 e. The van der Waals surface area contributed by atoms with E-state index >= 15 is 0 Å². The molecule has 0 aromatic heterocycles. The van der Waals surface area contributed by atoms with Crippen molar-refractivity contribution in [2.75, 3.05) is 0 Å². The van der Waals surface area contributed by atoms with E-state index in [4.69, 9.17) is 16.3 Å². The Labute approximate surface area is 161 Å². The van der Waals surface area contributed by atoms with Crippen molar-refractivity contribution in [3.63, 3.8) is 0 Å². The van der Waals surface area contributed by atoms with E-state index in [1.165, 1.54) is 26.0 Å². The van der Waals surface area contributed by atoms with Gasteiger partial charge in [0.2, 0.25) is 6.29 Å². The second kappa shape index (κ2) is 9.65. The predicted molar refractivity (Wildman–Crippen MR) is 103 cm³/mol. The lowest BCUT2D eigenvalue weighted by atomic mass is 10.1. The van der Waals surface area contributed by atoms with Gasteiger partial charge in [-0.15, -0.1) is 0 Å². The summed E-state index contributed by atoms with van der Waals surface area (Å²) in [6, 6.07) is 4.30. The van der Waals surface area contributed by atoms with Gasteiger partial charge in [0.05, 0.1) is 1.28 Å². The van der Waals surface area contributed by atoms with Crippen LogP contribution in [0.5, 0.6) is 5.75 Å². The molecule has 0 amide bonds. The number of benzene rings is 1. The normalized spacial score (nSPS) is 25.2. The molecule has 0 aliphatic carbocycles. The molecule has 1 radical (unpaired) electrons. The molecule has 1 aromatic rings. The van der Waals surface area contributed by atoms with Gasteiger partial charge in [0.15, 0.2) is 23.1 Å². The Morgan fingerprint density at radius 1 is 1.54 bits per heavy atom. The zero-order valence-electron chi connectivity index (χ0n) is 16.6. The zero-order valence-corrected chi connectivity index (χ0v) is 16.3. The Balaban J connectivity index is 2.05. The molecule has 1 unspecified atom stereocenters. The lowest BCUT2D eigenvalue weighted by Crippen LogP contribution is -2.29. The van der Waals surface area contributed by atoms with E-state index < -0.39 is 31.9 Å². The summed E-state index contributed by atoms with van der Waals surface area (Å²) >= 11 is 0.809. The molecule has 2 rings (SSSR count). The fraction of sp³-hybridized carbons (Fsp3) is 0.412. The van der Waals surface area contributed by atoms with Gasteiger partial charge in [-0.2, -0.15) is 0 Å². The largest absolute Gasteiger partial charge is 0.462 e. The van der Waals surface area contributed by atoms with Crippen LogP contribution in [0.4, 0.5) is 4.39 Å². The number of ether oxygens (including phenoxy) is 2. The minimum absolute atomic E-state index is 0.0412. The maximum absolute atomic E-state index is 14.4. The first-order valence-electron chi connectivity index (χ1n) is 8.88. The summed E-state index contributed by atoms with van der Waals surface area (Å²) in [4.78, 5) is 23.1. The SMILES string of the molecule is [2H]P([B][3H])SO[C@H]1C[C@H](Oc2ccc(/C=C(\C)C(C)=O)cc2F)O[C@@H]1C(C)=O. The second-order valence-electron chi connectivity index (χ2n) is 5.84. The standard InChI is InChI=1S/C17H20BFO5PS/c1-9(10(2)20)6-12-4-5-14(13(19)7-12)22-16-8-15(24-26-25-18)17(23-16)11(3)21/h4-7,15-18,25H,8H2,1-3H3/b9-6+/t15-,16+,17+,25?/m0/s1/i18T,25D. The molecule has 1 saturated heterocycles. The van der Waals surface area contributed by atoms with Gasteiger partial charge in [-0.1, -0.05) is 13.7 Å². The van der Waals surface area contributed by atoms with Crippen LogP contribution >= 0.6 is 19.3 Å². The van der Waals surface area contributed by atoms with E-state index in [-0.39, 0.29) is 23.7 Å². The predicted octanol–water partition coefficient (Wildman–Crippen LogP) is 3.34. The second-order valence-corrected chi connectivity index (χ2v) is 7.47. The third-order valence-corrected chi connectivity index (χ3v) is 4.76. The number of ketones is 2. The van der Waals surface area contributed by atoms with Gasteiger partial charge in [0.1, 0.15) is 19.7 Å². The molecule has 1 heterocycles. The van der Waals surface area contributed by atoms with E-state index in [1.54, 1.807) is 19.1 Å². The molecule has 26 heavy (non-hydrogen) atoms. The van der Waals surface area contributed by atoms with Crippen molar-refractivity contribution < 1.29 is 27.6 Å². The highest BCUT2D eigenvalue weighted by Gasteiger charge is 2.40. The quantitative estimate of drug-likeness (QED) is 0.274. The number of hydrogen-bond donors (Lipinski definition) is 0. The number of carbonyl (C=O) groups is 2. The molecular formula is C17H20BFO5PS. The molecule has 4 atom stereocenters. The van der Waals surface area contributed by atoms with Gasteiger partial charge in [-0.3, -0.25) is 9.59 Å². The van der Waals surface area contributed by atoms with Gasteiger partial charge in [0.25, 0.3) is 0 Å². The van der Waals surface area contributed by atoms with E-state index in [2.05, 4.69) is 0 Å². The van der Waals surface area contributed by atoms with Crippen LogP contribution in [-0.4, -0.2) is 40.2 Å². The van der Waals surface area contributed by atoms with Crippen molar-refractivity contribution in [2.24, 2.45) is 0 Å². The minimum atomic E-state index is -1.53. The molecule has 0 N–H and O–H groups in total. The minimum Gasteiger partial charge on any atom is -0.462 e. The average molecular weight is 400 g/mol. The third kappa shape index (κ3) is 5.65. The highest BCUT2D eigenvalue weighted by Crippen LogP contribution is 2.34. The van der Waals surface area contributed by atoms with Crippen LogP contribution in [0.1, 0.15) is 32.8 Å². The smallest absolute Gasteiger partial charge is 0.203 e. The maximum atomic E-state index is 14.4. The molecule has 1 aliphatic heterocycles. The molecule has 0 bridgehead atoms. The van der Waals surface area contributed by atoms with Gasteiger partial charge in [-0.05, 0) is 51.5 Å². The van der Waals surface area contributed by atoms with Gasteiger partial charge in [0, 0.05) is 18.1 Å². The number of Topliss-reactive ketones (excluding diaryl/α,β-unsaturated/α-hetero) is 2. The molecule has 0 saturated carbocycles. The van der Waals surface area contributed by atoms with Crippen molar-refractivity contribution in [2.45, 2.75) is 45.7 Å². The summed E-state index contributed by atoms with van der Waals surface area (Å²) < 4.78 is 45.5. The fourth-order valence-corrected chi connectivity index (χ4v) is 3.24. The van der Waals surface area contributed by atoms with Crippen molar-refractivity contribution in [3.8, 4) is 5.75 Å². The average Bonchev–Trinajstić information content (AvgIpc) is 3.05. The Morgan fingerprint density at radius 2 is 2.31 bits per heavy atom. The van der Waals surface area contributed by atoms with E-state index in [9.17, 15) is 14.0 Å². The van der Waals surface area contributed by atoms with Gasteiger partial charge < -0.3 is 13.7 Å². The van der Waals surface area contributed by atoms with Crippen LogP contribution in [-0.2, 0) is 18.5 Å². The van der Waals surface area contributed by atoms with Crippen molar-refractivity contribution in [1.82, 2.24) is 0 Å². The topological polar surface area (TPSA) is 61.8 Å². The van der Waals surface area contributed by atoms with Crippen LogP contribution in [0.15, 0.2) is 23.8 Å². The number of allylic oxidation sites excluding steroid dienone is 1.